The number of nitrogens with two attached hydrogens (primary N) is 1. The zero-order chi connectivity index (χ0) is 11.4. The molecule has 5 nitrogen and oxygen atoms in total. The molecule has 0 radical (unpaired) electrons. The Balaban J connectivity index is 2.62. The minimum absolute atomic E-state index is 0.113. The molecule has 0 aliphatic carbocycles. The number of carbonyl (C=O) groups excluding carboxylic acids is 2. The maximum Gasteiger partial charge on any atom is 0.250 e. The van der Waals surface area contributed by atoms with Gasteiger partial charge in [0.25, 0.3) is 5.91 Å². The quantitative estimate of drug-likeness (QED) is 0.686. The summed E-state index contributed by atoms with van der Waals surface area (Å²) in [5.41, 5.74) is 5.48. The molecule has 3 N–H and O–H groups in total. The van der Waals surface area contributed by atoms with Crippen molar-refractivity contribution in [3.63, 3.8) is 0 Å². The Kier molecular flexibility index (Phi) is 3.71. The molecule has 0 aromatic heterocycles. The monoisotopic (exact) mass is 211 g/mol. The molecule has 1 rings (SSSR count). The number of amides is 2. The fraction of sp³-hybridized carbons (Fsp3) is 0.600. The van der Waals surface area contributed by atoms with Crippen LogP contribution in [0.4, 0.5) is 0 Å². The molecule has 0 saturated carbocycles. The topological polar surface area (TPSA) is 75.4 Å². The maximum absolute atomic E-state index is 11.8. The number of hydrogen-bond acceptors (Lipinski definition) is 3. The third kappa shape index (κ3) is 2.71. The van der Waals surface area contributed by atoms with E-state index >= 15 is 0 Å². The van der Waals surface area contributed by atoms with Gasteiger partial charge in [0.2, 0.25) is 5.91 Å². The van der Waals surface area contributed by atoms with Crippen LogP contribution in [0.25, 0.3) is 0 Å². The van der Waals surface area contributed by atoms with Crippen molar-refractivity contribution in [3.8, 4) is 0 Å². The van der Waals surface area contributed by atoms with Gasteiger partial charge in [-0.25, -0.2) is 0 Å². The molecule has 0 aromatic carbocycles. The van der Waals surface area contributed by atoms with Crippen LogP contribution in [0, 0.1) is 0 Å². The van der Waals surface area contributed by atoms with Crippen LogP contribution in [-0.2, 0) is 9.59 Å². The van der Waals surface area contributed by atoms with Gasteiger partial charge in [-0.1, -0.05) is 13.5 Å². The molecule has 0 unspecified atom stereocenters. The van der Waals surface area contributed by atoms with E-state index in [0.29, 0.717) is 19.4 Å². The van der Waals surface area contributed by atoms with Crippen molar-refractivity contribution in [2.45, 2.75) is 32.2 Å². The Bertz CT molecular complexity index is 288. The first-order valence-electron chi connectivity index (χ1n) is 5.11. The van der Waals surface area contributed by atoms with Gasteiger partial charge in [-0.3, -0.25) is 14.5 Å². The van der Waals surface area contributed by atoms with Crippen molar-refractivity contribution in [3.05, 3.63) is 12.4 Å². The van der Waals surface area contributed by atoms with Gasteiger partial charge in [0.15, 0.2) is 0 Å². The zero-order valence-corrected chi connectivity index (χ0v) is 8.95. The predicted octanol–water partition coefficient (Wildman–Crippen LogP) is -0.0665. The van der Waals surface area contributed by atoms with Crippen molar-refractivity contribution in [2.24, 2.45) is 5.73 Å². The summed E-state index contributed by atoms with van der Waals surface area (Å²) in [5.74, 6) is -0.0242. The highest BCUT2D eigenvalue weighted by atomic mass is 16.2. The summed E-state index contributed by atoms with van der Waals surface area (Å²) in [5, 5.41) is 2.68. The van der Waals surface area contributed by atoms with Gasteiger partial charge in [-0.2, -0.15) is 0 Å². The van der Waals surface area contributed by atoms with E-state index < -0.39 is 6.04 Å². The number of hydrogen-bond donors (Lipinski definition) is 2. The Morgan fingerprint density at radius 3 is 2.93 bits per heavy atom. The Morgan fingerprint density at radius 2 is 2.40 bits per heavy atom. The molecule has 2 amide bonds. The lowest BCUT2D eigenvalue weighted by Gasteiger charge is -2.32. The van der Waals surface area contributed by atoms with E-state index in [2.05, 4.69) is 11.9 Å². The molecule has 1 atom stereocenters. The lowest BCUT2D eigenvalue weighted by molar-refractivity contribution is -0.137. The van der Waals surface area contributed by atoms with Crippen molar-refractivity contribution in [1.29, 1.82) is 0 Å². The molecule has 1 aliphatic rings. The van der Waals surface area contributed by atoms with Gasteiger partial charge < -0.3 is 11.1 Å². The van der Waals surface area contributed by atoms with Crippen molar-refractivity contribution in [2.75, 3.05) is 6.54 Å². The van der Waals surface area contributed by atoms with Crippen LogP contribution in [0.1, 0.15) is 26.2 Å². The van der Waals surface area contributed by atoms with Gasteiger partial charge in [-0.05, 0) is 12.8 Å². The fourth-order valence-corrected chi connectivity index (χ4v) is 1.59. The SMILES string of the molecule is C=C(N)N1CCC[C@H](NC(=O)CC)C1=O. The number of nitrogens with one attached hydrogen (secondary N) is 1. The Morgan fingerprint density at radius 1 is 1.73 bits per heavy atom. The zero-order valence-electron chi connectivity index (χ0n) is 8.95. The first kappa shape index (κ1) is 11.6. The number of carbonyl (C=O) groups is 2. The Hall–Kier alpha value is -1.52. The molecule has 0 spiro atoms. The molecule has 1 fully saturated rings. The molecule has 1 heterocycles. The van der Waals surface area contributed by atoms with Crippen LogP contribution >= 0.6 is 0 Å². The first-order valence-corrected chi connectivity index (χ1v) is 5.11. The molecule has 84 valence electrons. The molecule has 15 heavy (non-hydrogen) atoms. The molecular formula is C10H17N3O2. The van der Waals surface area contributed by atoms with Crippen molar-refractivity contribution in [1.82, 2.24) is 10.2 Å². The maximum atomic E-state index is 11.8. The van der Waals surface area contributed by atoms with Gasteiger partial charge in [-0.15, -0.1) is 0 Å². The minimum Gasteiger partial charge on any atom is -0.386 e. The third-order valence-electron chi connectivity index (χ3n) is 2.44. The minimum atomic E-state index is -0.438. The Labute approximate surface area is 89.3 Å². The van der Waals surface area contributed by atoms with Crippen molar-refractivity contribution >= 4 is 11.8 Å². The highest BCUT2D eigenvalue weighted by molar-refractivity contribution is 5.88. The van der Waals surface area contributed by atoms with Crippen LogP contribution in [-0.4, -0.2) is 29.3 Å². The summed E-state index contributed by atoms with van der Waals surface area (Å²) in [6.45, 7) is 5.88. The average molecular weight is 211 g/mol. The standard InChI is InChI=1S/C10H17N3O2/c1-3-9(14)12-8-5-4-6-13(7(2)11)10(8)15/h8H,2-6,11H2,1H3,(H,12,14)/t8-/m0/s1. The van der Waals surface area contributed by atoms with Crippen molar-refractivity contribution < 1.29 is 9.59 Å². The molecule has 0 bridgehead atoms. The number of rotatable bonds is 3. The summed E-state index contributed by atoms with van der Waals surface area (Å²) >= 11 is 0. The van der Waals surface area contributed by atoms with E-state index in [1.54, 1.807) is 6.92 Å². The summed E-state index contributed by atoms with van der Waals surface area (Å²) in [6.07, 6.45) is 1.89. The van der Waals surface area contributed by atoms with E-state index in [1.165, 1.54) is 4.90 Å². The lowest BCUT2D eigenvalue weighted by Crippen LogP contribution is -2.52. The molecule has 1 aliphatic heterocycles. The molecule has 5 heteroatoms. The lowest BCUT2D eigenvalue weighted by atomic mass is 10.0. The van der Waals surface area contributed by atoms with Crippen LogP contribution in [0.5, 0.6) is 0 Å². The average Bonchev–Trinajstić information content (AvgIpc) is 2.20. The predicted molar refractivity (Wildman–Crippen MR) is 56.5 cm³/mol. The van der Waals surface area contributed by atoms with Crippen LogP contribution in [0.15, 0.2) is 12.4 Å². The first-order chi connectivity index (χ1) is 7.06. The van der Waals surface area contributed by atoms with Gasteiger partial charge in [0, 0.05) is 13.0 Å². The van der Waals surface area contributed by atoms with Crippen LogP contribution < -0.4 is 11.1 Å². The number of piperidine rings is 1. The van der Waals surface area contributed by atoms with E-state index in [-0.39, 0.29) is 17.6 Å². The van der Waals surface area contributed by atoms with Gasteiger partial charge >= 0.3 is 0 Å². The smallest absolute Gasteiger partial charge is 0.250 e. The normalized spacial score (nSPS) is 21.3. The second-order valence-corrected chi connectivity index (χ2v) is 3.60. The number of likely N-dealkylation sites (tertiary alicyclic amines) is 1. The van der Waals surface area contributed by atoms with Crippen LogP contribution in [0.3, 0.4) is 0 Å². The second kappa shape index (κ2) is 4.82. The molecule has 1 saturated heterocycles. The summed E-state index contributed by atoms with van der Waals surface area (Å²) in [4.78, 5) is 24.4. The third-order valence-corrected chi connectivity index (χ3v) is 2.44. The van der Waals surface area contributed by atoms with E-state index in [4.69, 9.17) is 5.73 Å². The van der Waals surface area contributed by atoms with E-state index in [0.717, 1.165) is 6.42 Å². The molecular weight excluding hydrogens is 194 g/mol. The van der Waals surface area contributed by atoms with E-state index in [9.17, 15) is 9.59 Å². The molecule has 0 aromatic rings. The summed E-state index contributed by atoms with van der Waals surface area (Å²) in [6, 6.07) is -0.438. The highest BCUT2D eigenvalue weighted by Gasteiger charge is 2.30. The fourth-order valence-electron chi connectivity index (χ4n) is 1.59. The number of nitrogens with zero attached hydrogens (tertiary/aromatic N) is 1. The van der Waals surface area contributed by atoms with Crippen LogP contribution in [0.2, 0.25) is 0 Å². The van der Waals surface area contributed by atoms with Gasteiger partial charge in [0.05, 0.1) is 5.82 Å². The largest absolute Gasteiger partial charge is 0.386 e. The van der Waals surface area contributed by atoms with Gasteiger partial charge in [0.1, 0.15) is 6.04 Å². The summed E-state index contributed by atoms with van der Waals surface area (Å²) in [7, 11) is 0. The summed E-state index contributed by atoms with van der Waals surface area (Å²) < 4.78 is 0. The second-order valence-electron chi connectivity index (χ2n) is 3.60. The van der Waals surface area contributed by atoms with E-state index in [1.807, 2.05) is 0 Å². The highest BCUT2D eigenvalue weighted by Crippen LogP contribution is 2.13.